The molecule has 0 aliphatic heterocycles. The average Bonchev–Trinajstić information content (AvgIpc) is 2.09. The molecule has 1 aliphatic carbocycles. The Labute approximate surface area is 88.2 Å². The Hall–Kier alpha value is -0.0500. The Bertz CT molecular complexity index is 201. The molecule has 0 saturated heterocycles. The second-order valence-electron chi connectivity index (χ2n) is 4.47. The number of rotatable bonds is 1. The van der Waals surface area contributed by atoms with Gasteiger partial charge in [0.2, 0.25) is 0 Å². The molecule has 13 heavy (non-hydrogen) atoms. The summed E-state index contributed by atoms with van der Waals surface area (Å²) >= 11 is 3.66. The zero-order valence-corrected chi connectivity index (χ0v) is 10.1. The fourth-order valence-electron chi connectivity index (χ4n) is 1.77. The molecule has 0 radical (unpaired) electrons. The van der Waals surface area contributed by atoms with Crippen molar-refractivity contribution >= 4 is 21.9 Å². The molecule has 0 heterocycles. The highest BCUT2D eigenvalue weighted by molar-refractivity contribution is 9.10. The minimum Gasteiger partial charge on any atom is -0.469 e. The van der Waals surface area contributed by atoms with Gasteiger partial charge in [-0.2, -0.15) is 0 Å². The second kappa shape index (κ2) is 3.60. The van der Waals surface area contributed by atoms with Crippen LogP contribution in [0.5, 0.6) is 0 Å². The van der Waals surface area contributed by atoms with E-state index in [1.54, 1.807) is 0 Å². The van der Waals surface area contributed by atoms with Gasteiger partial charge in [-0.15, -0.1) is 0 Å². The molecule has 0 N–H and O–H groups in total. The van der Waals surface area contributed by atoms with E-state index in [1.165, 1.54) is 7.11 Å². The van der Waals surface area contributed by atoms with Gasteiger partial charge in [-0.3, -0.25) is 4.79 Å². The number of alkyl halides is 1. The summed E-state index contributed by atoms with van der Waals surface area (Å²) < 4.78 is 5.03. The van der Waals surface area contributed by atoms with Crippen molar-refractivity contribution in [1.82, 2.24) is 0 Å². The number of hydrogen-bond donors (Lipinski definition) is 0. The summed E-state index contributed by atoms with van der Waals surface area (Å²) in [5, 5.41) is 0. The first kappa shape index (κ1) is 11.0. The maximum absolute atomic E-state index is 11.5. The summed E-state index contributed by atoms with van der Waals surface area (Å²) in [7, 11) is 1.47. The fraction of sp³-hybridized carbons (Fsp3) is 0.900. The highest BCUT2D eigenvalue weighted by Crippen LogP contribution is 2.44. The van der Waals surface area contributed by atoms with Crippen molar-refractivity contribution in [3.05, 3.63) is 0 Å². The van der Waals surface area contributed by atoms with Crippen LogP contribution in [0.4, 0.5) is 0 Å². The topological polar surface area (TPSA) is 26.3 Å². The predicted molar refractivity (Wildman–Crippen MR) is 55.9 cm³/mol. The van der Waals surface area contributed by atoms with E-state index in [9.17, 15) is 4.79 Å². The highest BCUT2D eigenvalue weighted by atomic mass is 79.9. The van der Waals surface area contributed by atoms with E-state index in [0.717, 1.165) is 25.7 Å². The largest absolute Gasteiger partial charge is 0.469 e. The third-order valence-electron chi connectivity index (χ3n) is 3.07. The quantitative estimate of drug-likeness (QED) is 0.527. The molecule has 0 spiro atoms. The molecule has 0 aromatic heterocycles. The highest BCUT2D eigenvalue weighted by Gasteiger charge is 2.41. The van der Waals surface area contributed by atoms with Gasteiger partial charge in [-0.1, -0.05) is 15.9 Å². The molecule has 1 rings (SSSR count). The number of methoxy groups -OCH3 is 1. The normalized spacial score (nSPS) is 40.0. The van der Waals surface area contributed by atoms with E-state index >= 15 is 0 Å². The lowest BCUT2D eigenvalue weighted by Gasteiger charge is -2.38. The van der Waals surface area contributed by atoms with Crippen LogP contribution in [0.1, 0.15) is 39.5 Å². The Balaban J connectivity index is 2.61. The molecule has 2 nitrogen and oxygen atoms in total. The Morgan fingerprint density at radius 1 is 1.23 bits per heavy atom. The summed E-state index contributed by atoms with van der Waals surface area (Å²) in [6.45, 7) is 4.19. The van der Waals surface area contributed by atoms with Crippen LogP contribution >= 0.6 is 15.9 Å². The maximum Gasteiger partial charge on any atom is 0.311 e. The molecule has 0 unspecified atom stereocenters. The van der Waals surface area contributed by atoms with Gasteiger partial charge in [-0.25, -0.2) is 0 Å². The van der Waals surface area contributed by atoms with Gasteiger partial charge in [0.1, 0.15) is 0 Å². The van der Waals surface area contributed by atoms with Crippen molar-refractivity contribution in [2.45, 2.75) is 43.9 Å². The minimum atomic E-state index is -0.248. The van der Waals surface area contributed by atoms with Gasteiger partial charge in [0.05, 0.1) is 12.5 Å². The van der Waals surface area contributed by atoms with Crippen molar-refractivity contribution < 1.29 is 9.53 Å². The second-order valence-corrected chi connectivity index (χ2v) is 6.38. The zero-order chi connectivity index (χ0) is 10.1. The maximum atomic E-state index is 11.5. The summed E-state index contributed by atoms with van der Waals surface area (Å²) in [4.78, 5) is 11.5. The monoisotopic (exact) mass is 248 g/mol. The predicted octanol–water partition coefficient (Wildman–Crippen LogP) is 2.89. The van der Waals surface area contributed by atoms with Gasteiger partial charge >= 0.3 is 5.97 Å². The standard InChI is InChI=1S/C10H17BrO2/c1-9(8(12)13-3)4-6-10(2,11)7-5-9/h4-7H2,1-3H3. The van der Waals surface area contributed by atoms with Crippen LogP contribution in [0.15, 0.2) is 0 Å². The van der Waals surface area contributed by atoms with Crippen LogP contribution in [0, 0.1) is 5.41 Å². The Kier molecular flexibility index (Phi) is 3.05. The number of carbonyl (C=O) groups excluding carboxylic acids is 1. The molecule has 0 aromatic rings. The number of esters is 1. The van der Waals surface area contributed by atoms with Crippen molar-refractivity contribution in [2.75, 3.05) is 7.11 Å². The number of halogens is 1. The first-order valence-electron chi connectivity index (χ1n) is 4.67. The zero-order valence-electron chi connectivity index (χ0n) is 8.52. The van der Waals surface area contributed by atoms with Crippen LogP contribution in [0.2, 0.25) is 0 Å². The minimum absolute atomic E-state index is 0.0597. The fourth-order valence-corrected chi connectivity index (χ4v) is 2.17. The molecule has 76 valence electrons. The van der Waals surface area contributed by atoms with Crippen LogP contribution in [0.3, 0.4) is 0 Å². The average molecular weight is 249 g/mol. The first-order chi connectivity index (χ1) is 5.90. The number of ether oxygens (including phenoxy) is 1. The molecular weight excluding hydrogens is 232 g/mol. The van der Waals surface area contributed by atoms with Crippen molar-refractivity contribution in [2.24, 2.45) is 5.41 Å². The van der Waals surface area contributed by atoms with Gasteiger partial charge in [-0.05, 0) is 39.5 Å². The number of carbonyl (C=O) groups is 1. The van der Waals surface area contributed by atoms with Gasteiger partial charge in [0, 0.05) is 4.32 Å². The summed E-state index contributed by atoms with van der Waals surface area (Å²) in [5.41, 5.74) is -0.248. The molecule has 0 atom stereocenters. The molecule has 1 aliphatic rings. The number of hydrogen-bond acceptors (Lipinski definition) is 2. The van der Waals surface area contributed by atoms with Crippen LogP contribution < -0.4 is 0 Å². The van der Waals surface area contributed by atoms with E-state index in [4.69, 9.17) is 4.74 Å². The van der Waals surface area contributed by atoms with E-state index in [2.05, 4.69) is 22.9 Å². The lowest BCUT2D eigenvalue weighted by atomic mass is 9.72. The van der Waals surface area contributed by atoms with Gasteiger partial charge in [0.15, 0.2) is 0 Å². The van der Waals surface area contributed by atoms with Crippen LogP contribution in [-0.4, -0.2) is 17.4 Å². The molecule has 1 saturated carbocycles. The SMILES string of the molecule is COC(=O)C1(C)CCC(C)(Br)CC1. The van der Waals surface area contributed by atoms with E-state index < -0.39 is 0 Å². The molecule has 1 fully saturated rings. The molecule has 0 bridgehead atoms. The molecular formula is C10H17BrO2. The smallest absolute Gasteiger partial charge is 0.311 e. The molecule has 0 amide bonds. The van der Waals surface area contributed by atoms with Gasteiger partial charge < -0.3 is 4.74 Å². The van der Waals surface area contributed by atoms with Crippen LogP contribution in [-0.2, 0) is 9.53 Å². The first-order valence-corrected chi connectivity index (χ1v) is 5.46. The van der Waals surface area contributed by atoms with E-state index in [0.29, 0.717) is 0 Å². The lowest BCUT2D eigenvalue weighted by molar-refractivity contribution is -0.153. The summed E-state index contributed by atoms with van der Waals surface area (Å²) in [5.74, 6) is -0.0597. The van der Waals surface area contributed by atoms with Crippen molar-refractivity contribution in [1.29, 1.82) is 0 Å². The third-order valence-corrected chi connectivity index (χ3v) is 3.87. The molecule has 0 aromatic carbocycles. The third kappa shape index (κ3) is 2.46. The van der Waals surface area contributed by atoms with Gasteiger partial charge in [0.25, 0.3) is 0 Å². The van der Waals surface area contributed by atoms with Crippen LogP contribution in [0.25, 0.3) is 0 Å². The molecule has 3 heteroatoms. The summed E-state index contributed by atoms with van der Waals surface area (Å²) in [6.07, 6.45) is 3.92. The lowest BCUT2D eigenvalue weighted by Crippen LogP contribution is -2.37. The van der Waals surface area contributed by atoms with Crippen molar-refractivity contribution in [3.8, 4) is 0 Å². The van der Waals surface area contributed by atoms with Crippen molar-refractivity contribution in [3.63, 3.8) is 0 Å². The summed E-state index contributed by atoms with van der Waals surface area (Å²) in [6, 6.07) is 0. The van der Waals surface area contributed by atoms with E-state index in [1.807, 2.05) is 6.92 Å². The Morgan fingerprint density at radius 2 is 1.69 bits per heavy atom. The Morgan fingerprint density at radius 3 is 2.08 bits per heavy atom. The van der Waals surface area contributed by atoms with E-state index in [-0.39, 0.29) is 15.7 Å².